The Morgan fingerprint density at radius 1 is 0.720 bits per heavy atom. The van der Waals surface area contributed by atoms with Gasteiger partial charge in [-0.1, -0.05) is 24.3 Å². The third kappa shape index (κ3) is 3.33. The van der Waals surface area contributed by atoms with Gasteiger partial charge < -0.3 is 19.7 Å². The first-order valence-electron chi connectivity index (χ1n) is 7.56. The zero-order valence-corrected chi connectivity index (χ0v) is 13.6. The molecule has 2 aromatic carbocycles. The fourth-order valence-electron chi connectivity index (χ4n) is 2.51. The first-order chi connectivity index (χ1) is 11.8. The maximum absolute atomic E-state index is 11.0. The number of rotatable bonds is 4. The highest BCUT2D eigenvalue weighted by molar-refractivity contribution is 5.91. The van der Waals surface area contributed by atoms with Crippen LogP contribution < -0.4 is 0 Å². The Morgan fingerprint density at radius 3 is 1.32 bits per heavy atom. The van der Waals surface area contributed by atoms with Gasteiger partial charge in [-0.15, -0.1) is 0 Å². The van der Waals surface area contributed by atoms with Crippen molar-refractivity contribution in [3.05, 3.63) is 70.8 Å². The van der Waals surface area contributed by atoms with Gasteiger partial charge in [-0.3, -0.25) is 0 Å². The number of ether oxygens (including phenoxy) is 2. The SMILES string of the molecule is CC1(C)OC(c2ccc(C(=O)O)cc2)=C(c2ccc(C(=O)O)cc2)O1. The van der Waals surface area contributed by atoms with E-state index in [1.807, 2.05) is 0 Å². The smallest absolute Gasteiger partial charge is 0.335 e. The van der Waals surface area contributed by atoms with Gasteiger partial charge in [0.25, 0.3) is 0 Å². The molecule has 1 aliphatic rings. The van der Waals surface area contributed by atoms with Crippen LogP contribution in [0.5, 0.6) is 0 Å². The lowest BCUT2D eigenvalue weighted by molar-refractivity contribution is -0.0943. The summed E-state index contributed by atoms with van der Waals surface area (Å²) < 4.78 is 11.7. The van der Waals surface area contributed by atoms with Gasteiger partial charge in [0, 0.05) is 25.0 Å². The van der Waals surface area contributed by atoms with Crippen molar-refractivity contribution in [2.45, 2.75) is 19.6 Å². The van der Waals surface area contributed by atoms with Crippen LogP contribution >= 0.6 is 0 Å². The maximum atomic E-state index is 11.0. The van der Waals surface area contributed by atoms with Crippen LogP contribution in [0.4, 0.5) is 0 Å². The summed E-state index contributed by atoms with van der Waals surface area (Å²) in [6, 6.07) is 12.6. The number of hydrogen-bond donors (Lipinski definition) is 2. The fraction of sp³-hybridized carbons (Fsp3) is 0.158. The van der Waals surface area contributed by atoms with Gasteiger partial charge in [-0.2, -0.15) is 0 Å². The molecule has 128 valence electrons. The normalized spacial score (nSPS) is 15.4. The van der Waals surface area contributed by atoms with E-state index >= 15 is 0 Å². The maximum Gasteiger partial charge on any atom is 0.335 e. The van der Waals surface area contributed by atoms with Gasteiger partial charge in [-0.05, 0) is 24.3 Å². The zero-order chi connectivity index (χ0) is 18.2. The molecule has 2 aromatic rings. The summed E-state index contributed by atoms with van der Waals surface area (Å²) >= 11 is 0. The van der Waals surface area contributed by atoms with E-state index in [2.05, 4.69) is 0 Å². The van der Waals surface area contributed by atoms with Crippen LogP contribution in [0.2, 0.25) is 0 Å². The third-order valence-corrected chi connectivity index (χ3v) is 3.69. The summed E-state index contributed by atoms with van der Waals surface area (Å²) in [4.78, 5) is 22.0. The van der Waals surface area contributed by atoms with Crippen LogP contribution in [0, 0.1) is 0 Å². The number of hydrogen-bond acceptors (Lipinski definition) is 4. The minimum Gasteiger partial charge on any atom is -0.478 e. The molecule has 0 aliphatic carbocycles. The minimum absolute atomic E-state index is 0.176. The Bertz CT molecular complexity index is 788. The molecule has 0 spiro atoms. The summed E-state index contributed by atoms with van der Waals surface area (Å²) in [5.41, 5.74) is 1.70. The van der Waals surface area contributed by atoms with E-state index in [1.165, 1.54) is 24.3 Å². The molecule has 6 heteroatoms. The predicted molar refractivity (Wildman–Crippen MR) is 89.9 cm³/mol. The van der Waals surface area contributed by atoms with Crippen molar-refractivity contribution in [2.75, 3.05) is 0 Å². The van der Waals surface area contributed by atoms with E-state index < -0.39 is 17.7 Å². The molecule has 0 aromatic heterocycles. The zero-order valence-electron chi connectivity index (χ0n) is 13.6. The number of aromatic carboxylic acids is 2. The molecule has 0 radical (unpaired) electrons. The predicted octanol–water partition coefficient (Wildman–Crippen LogP) is 3.69. The van der Waals surface area contributed by atoms with Crippen molar-refractivity contribution in [1.82, 2.24) is 0 Å². The molecule has 2 N–H and O–H groups in total. The molecular formula is C19H16O6. The van der Waals surface area contributed by atoms with E-state index in [-0.39, 0.29) is 11.1 Å². The van der Waals surface area contributed by atoms with Crippen LogP contribution in [-0.2, 0) is 9.47 Å². The molecule has 0 amide bonds. The average molecular weight is 340 g/mol. The third-order valence-electron chi connectivity index (χ3n) is 3.69. The van der Waals surface area contributed by atoms with Crippen molar-refractivity contribution in [1.29, 1.82) is 0 Å². The molecule has 25 heavy (non-hydrogen) atoms. The summed E-state index contributed by atoms with van der Waals surface area (Å²) in [5.74, 6) is -1.94. The number of benzene rings is 2. The lowest BCUT2D eigenvalue weighted by atomic mass is 10.1. The highest BCUT2D eigenvalue weighted by Crippen LogP contribution is 2.41. The van der Waals surface area contributed by atoms with Crippen LogP contribution in [0.25, 0.3) is 11.5 Å². The summed E-state index contributed by atoms with van der Waals surface area (Å²) in [6.45, 7) is 3.52. The molecule has 0 atom stereocenters. The van der Waals surface area contributed by atoms with Crippen molar-refractivity contribution in [2.24, 2.45) is 0 Å². The van der Waals surface area contributed by atoms with Gasteiger partial charge >= 0.3 is 11.9 Å². The van der Waals surface area contributed by atoms with Crippen molar-refractivity contribution in [3.8, 4) is 0 Å². The van der Waals surface area contributed by atoms with Crippen molar-refractivity contribution >= 4 is 23.5 Å². The first-order valence-corrected chi connectivity index (χ1v) is 7.56. The number of carbonyl (C=O) groups is 2. The van der Waals surface area contributed by atoms with Gasteiger partial charge in [0.15, 0.2) is 11.5 Å². The second-order valence-corrected chi connectivity index (χ2v) is 6.03. The average Bonchev–Trinajstić information content (AvgIpc) is 2.91. The standard InChI is InChI=1S/C19H16O6/c1-19(2)24-15(11-3-7-13(8-4-11)17(20)21)16(25-19)12-5-9-14(10-6-12)18(22)23/h3-10H,1-2H3,(H,20,21)(H,22,23). The molecule has 1 heterocycles. The first kappa shape index (κ1) is 16.6. The van der Waals surface area contributed by atoms with Gasteiger partial charge in [0.2, 0.25) is 5.79 Å². The monoisotopic (exact) mass is 340 g/mol. The molecule has 6 nitrogen and oxygen atoms in total. The summed E-state index contributed by atoms with van der Waals surface area (Å²) in [6.07, 6.45) is 0. The lowest BCUT2D eigenvalue weighted by Gasteiger charge is -2.19. The highest BCUT2D eigenvalue weighted by atomic mass is 16.7. The molecule has 3 rings (SSSR count). The largest absolute Gasteiger partial charge is 0.478 e. The van der Waals surface area contributed by atoms with E-state index in [9.17, 15) is 9.59 Å². The minimum atomic E-state index is -1.01. The fourth-order valence-corrected chi connectivity index (χ4v) is 2.51. The Morgan fingerprint density at radius 2 is 1.04 bits per heavy atom. The second kappa shape index (κ2) is 5.98. The van der Waals surface area contributed by atoms with E-state index in [4.69, 9.17) is 19.7 Å². The molecule has 0 unspecified atom stereocenters. The molecule has 0 saturated carbocycles. The summed E-state index contributed by atoms with van der Waals surface area (Å²) in [7, 11) is 0. The lowest BCUT2D eigenvalue weighted by Crippen LogP contribution is -2.20. The van der Waals surface area contributed by atoms with Gasteiger partial charge in [0.1, 0.15) is 0 Å². The molecule has 1 aliphatic heterocycles. The number of carboxylic acid groups (broad SMARTS) is 2. The Kier molecular flexibility index (Phi) is 3.96. The Labute approximate surface area is 143 Å². The van der Waals surface area contributed by atoms with Crippen LogP contribution in [0.3, 0.4) is 0 Å². The van der Waals surface area contributed by atoms with Crippen LogP contribution in [0.1, 0.15) is 45.7 Å². The molecular weight excluding hydrogens is 324 g/mol. The summed E-state index contributed by atoms with van der Waals surface area (Å²) in [5, 5.41) is 18.0. The Hall–Kier alpha value is -3.28. The Balaban J connectivity index is 2.04. The molecule has 0 saturated heterocycles. The van der Waals surface area contributed by atoms with Crippen LogP contribution in [0.15, 0.2) is 48.5 Å². The van der Waals surface area contributed by atoms with Gasteiger partial charge in [-0.25, -0.2) is 9.59 Å². The molecule has 0 bridgehead atoms. The highest BCUT2D eigenvalue weighted by Gasteiger charge is 2.35. The molecule has 0 fully saturated rings. The van der Waals surface area contributed by atoms with Crippen molar-refractivity contribution in [3.63, 3.8) is 0 Å². The second-order valence-electron chi connectivity index (χ2n) is 6.03. The van der Waals surface area contributed by atoms with E-state index in [1.54, 1.807) is 38.1 Å². The van der Waals surface area contributed by atoms with Crippen LogP contribution in [-0.4, -0.2) is 27.9 Å². The topological polar surface area (TPSA) is 93.1 Å². The van der Waals surface area contributed by atoms with Gasteiger partial charge in [0.05, 0.1) is 11.1 Å². The van der Waals surface area contributed by atoms with E-state index in [0.29, 0.717) is 22.6 Å². The van der Waals surface area contributed by atoms with Crippen molar-refractivity contribution < 1.29 is 29.3 Å². The van der Waals surface area contributed by atoms with E-state index in [0.717, 1.165) is 0 Å². The quantitative estimate of drug-likeness (QED) is 0.882. The number of carboxylic acids is 2.